The van der Waals surface area contributed by atoms with E-state index < -0.39 is 6.10 Å². The molecule has 1 aromatic rings. The quantitative estimate of drug-likeness (QED) is 0.760. The van der Waals surface area contributed by atoms with Gasteiger partial charge in [-0.15, -0.1) is 0 Å². The lowest BCUT2D eigenvalue weighted by atomic mass is 9.84. The van der Waals surface area contributed by atoms with E-state index in [9.17, 15) is 4.79 Å². The van der Waals surface area contributed by atoms with Gasteiger partial charge >= 0.3 is 0 Å². The van der Waals surface area contributed by atoms with E-state index >= 15 is 0 Å². The average Bonchev–Trinajstić information content (AvgIpc) is 2.23. The van der Waals surface area contributed by atoms with Crippen molar-refractivity contribution in [3.63, 3.8) is 0 Å². The van der Waals surface area contributed by atoms with E-state index in [0.29, 0.717) is 17.2 Å². The Kier molecular flexibility index (Phi) is 4.72. The maximum atomic E-state index is 12.4. The van der Waals surface area contributed by atoms with Crippen molar-refractivity contribution in [1.82, 2.24) is 0 Å². The highest BCUT2D eigenvalue weighted by molar-refractivity contribution is 6.31. The zero-order valence-corrected chi connectivity index (χ0v) is 11.5. The molecule has 17 heavy (non-hydrogen) atoms. The van der Waals surface area contributed by atoms with Crippen molar-refractivity contribution in [2.24, 2.45) is 5.41 Å². The van der Waals surface area contributed by atoms with Gasteiger partial charge in [0.15, 0.2) is 5.78 Å². The van der Waals surface area contributed by atoms with Crippen LogP contribution in [0.5, 0.6) is 0 Å². The molecule has 0 aliphatic carbocycles. The van der Waals surface area contributed by atoms with Crippen molar-refractivity contribution in [2.75, 3.05) is 6.61 Å². The lowest BCUT2D eigenvalue weighted by Crippen LogP contribution is -2.37. The van der Waals surface area contributed by atoms with E-state index in [1.807, 2.05) is 27.7 Å². The van der Waals surface area contributed by atoms with Crippen LogP contribution in [0.25, 0.3) is 0 Å². The van der Waals surface area contributed by atoms with Gasteiger partial charge in [-0.1, -0.05) is 44.5 Å². The summed E-state index contributed by atoms with van der Waals surface area (Å²) < 4.78 is 5.57. The molecule has 0 spiro atoms. The van der Waals surface area contributed by atoms with Gasteiger partial charge in [-0.05, 0) is 24.5 Å². The van der Waals surface area contributed by atoms with Gasteiger partial charge in [0.25, 0.3) is 0 Å². The molecule has 0 saturated carbocycles. The maximum absolute atomic E-state index is 12.4. The summed E-state index contributed by atoms with van der Waals surface area (Å²) in [5, 5.41) is 0.569. The molecule has 0 fully saturated rings. The van der Waals surface area contributed by atoms with Crippen molar-refractivity contribution in [1.29, 1.82) is 0 Å². The second-order valence-corrected chi connectivity index (χ2v) is 5.51. The number of hydrogen-bond donors (Lipinski definition) is 0. The summed E-state index contributed by atoms with van der Waals surface area (Å²) in [4.78, 5) is 12.4. The van der Waals surface area contributed by atoms with Crippen LogP contribution in [0.4, 0.5) is 0 Å². The Labute approximate surface area is 108 Å². The molecule has 2 nitrogen and oxygen atoms in total. The topological polar surface area (TPSA) is 26.3 Å². The maximum Gasteiger partial charge on any atom is 0.192 e. The number of ether oxygens (including phenoxy) is 1. The molecule has 0 amide bonds. The van der Waals surface area contributed by atoms with Gasteiger partial charge in [0.05, 0.1) is 0 Å². The Morgan fingerprint density at radius 1 is 1.41 bits per heavy atom. The van der Waals surface area contributed by atoms with Crippen LogP contribution in [-0.4, -0.2) is 18.5 Å². The summed E-state index contributed by atoms with van der Waals surface area (Å²) in [6.45, 7) is 8.40. The van der Waals surface area contributed by atoms with E-state index in [1.54, 1.807) is 24.3 Å². The zero-order valence-electron chi connectivity index (χ0n) is 10.8. The van der Waals surface area contributed by atoms with Gasteiger partial charge in [0, 0.05) is 17.2 Å². The third kappa shape index (κ3) is 3.83. The second kappa shape index (κ2) is 5.65. The number of ketones is 1. The van der Waals surface area contributed by atoms with Crippen molar-refractivity contribution < 1.29 is 9.53 Å². The summed E-state index contributed by atoms with van der Waals surface area (Å²) >= 11 is 5.89. The predicted molar refractivity (Wildman–Crippen MR) is 70.7 cm³/mol. The third-order valence-corrected chi connectivity index (χ3v) is 2.70. The molecule has 0 aliphatic heterocycles. The first kappa shape index (κ1) is 14.2. The van der Waals surface area contributed by atoms with E-state index in [4.69, 9.17) is 16.3 Å². The number of carbonyl (C=O) groups excluding carboxylic acids is 1. The first-order chi connectivity index (χ1) is 7.86. The van der Waals surface area contributed by atoms with Crippen molar-refractivity contribution in [2.45, 2.75) is 33.8 Å². The molecule has 1 aromatic carbocycles. The van der Waals surface area contributed by atoms with Crippen LogP contribution >= 0.6 is 11.6 Å². The normalized spacial score (nSPS) is 13.5. The van der Waals surface area contributed by atoms with Crippen LogP contribution in [0.2, 0.25) is 5.02 Å². The lowest BCUT2D eigenvalue weighted by molar-refractivity contribution is -0.000218. The molecule has 0 aliphatic rings. The molecule has 1 unspecified atom stereocenters. The highest BCUT2D eigenvalue weighted by Gasteiger charge is 2.32. The van der Waals surface area contributed by atoms with E-state index in [2.05, 4.69) is 0 Å². The number of halogens is 1. The predicted octanol–water partition coefficient (Wildman–Crippen LogP) is 3.97. The minimum atomic E-state index is -0.439. The molecular weight excluding hydrogens is 236 g/mol. The second-order valence-electron chi connectivity index (χ2n) is 5.08. The van der Waals surface area contributed by atoms with Crippen LogP contribution in [-0.2, 0) is 4.74 Å². The molecule has 0 radical (unpaired) electrons. The van der Waals surface area contributed by atoms with Gasteiger partial charge in [-0.25, -0.2) is 0 Å². The minimum Gasteiger partial charge on any atom is -0.370 e. The van der Waals surface area contributed by atoms with Crippen LogP contribution in [0.15, 0.2) is 24.3 Å². The molecule has 0 bridgehead atoms. The monoisotopic (exact) mass is 254 g/mol. The lowest BCUT2D eigenvalue weighted by Gasteiger charge is -2.29. The van der Waals surface area contributed by atoms with Crippen LogP contribution < -0.4 is 0 Å². The number of hydrogen-bond acceptors (Lipinski definition) is 2. The first-order valence-corrected chi connectivity index (χ1v) is 6.15. The third-order valence-electron chi connectivity index (χ3n) is 2.47. The van der Waals surface area contributed by atoms with E-state index in [0.717, 1.165) is 0 Å². The largest absolute Gasteiger partial charge is 0.370 e. The van der Waals surface area contributed by atoms with E-state index in [1.165, 1.54) is 0 Å². The fourth-order valence-corrected chi connectivity index (χ4v) is 1.87. The number of carbonyl (C=O) groups is 1. The Hall–Kier alpha value is -0.860. The fraction of sp³-hybridized carbons (Fsp3) is 0.500. The molecule has 94 valence electrons. The molecule has 0 N–H and O–H groups in total. The Balaban J connectivity index is 3.00. The highest BCUT2D eigenvalue weighted by atomic mass is 35.5. The summed E-state index contributed by atoms with van der Waals surface area (Å²) in [5.41, 5.74) is 0.376. The fourth-order valence-electron chi connectivity index (χ4n) is 1.68. The van der Waals surface area contributed by atoms with Gasteiger partial charge in [0.2, 0.25) is 0 Å². The molecule has 1 atom stereocenters. The average molecular weight is 255 g/mol. The molecule has 0 heterocycles. The summed E-state index contributed by atoms with van der Waals surface area (Å²) in [5.74, 6) is -0.0122. The standard InChI is InChI=1S/C14H19ClO2/c1-5-17-13(14(2,3)4)12(16)10-7-6-8-11(15)9-10/h6-9,13H,5H2,1-4H3. The highest BCUT2D eigenvalue weighted by Crippen LogP contribution is 2.26. The Morgan fingerprint density at radius 2 is 2.06 bits per heavy atom. The Morgan fingerprint density at radius 3 is 2.53 bits per heavy atom. The van der Waals surface area contributed by atoms with Crippen LogP contribution in [0.3, 0.4) is 0 Å². The smallest absolute Gasteiger partial charge is 0.192 e. The molecule has 1 rings (SSSR count). The summed E-state index contributed by atoms with van der Waals surface area (Å²) in [6.07, 6.45) is -0.439. The van der Waals surface area contributed by atoms with Gasteiger partial charge in [0.1, 0.15) is 6.10 Å². The number of Topliss-reactive ketones (excluding diaryl/α,β-unsaturated/α-hetero) is 1. The SMILES string of the molecule is CCOC(C(=O)c1cccc(Cl)c1)C(C)(C)C. The van der Waals surface area contributed by atoms with Gasteiger partial charge < -0.3 is 4.74 Å². The Bertz CT molecular complexity index is 393. The first-order valence-electron chi connectivity index (χ1n) is 5.77. The molecular formula is C14H19ClO2. The van der Waals surface area contributed by atoms with E-state index in [-0.39, 0.29) is 11.2 Å². The number of rotatable bonds is 4. The van der Waals surface area contributed by atoms with Crippen LogP contribution in [0.1, 0.15) is 38.1 Å². The van der Waals surface area contributed by atoms with Crippen molar-refractivity contribution in [3.8, 4) is 0 Å². The summed E-state index contributed by atoms with van der Waals surface area (Å²) in [7, 11) is 0. The zero-order chi connectivity index (χ0) is 13.1. The molecule has 0 aromatic heterocycles. The van der Waals surface area contributed by atoms with Crippen molar-refractivity contribution in [3.05, 3.63) is 34.9 Å². The minimum absolute atomic E-state index is 0.0122. The van der Waals surface area contributed by atoms with Gasteiger partial charge in [-0.2, -0.15) is 0 Å². The van der Waals surface area contributed by atoms with Gasteiger partial charge in [-0.3, -0.25) is 4.79 Å². The molecule has 3 heteroatoms. The van der Waals surface area contributed by atoms with Crippen LogP contribution in [0, 0.1) is 5.41 Å². The van der Waals surface area contributed by atoms with Crippen molar-refractivity contribution >= 4 is 17.4 Å². The summed E-state index contributed by atoms with van der Waals surface area (Å²) in [6, 6.07) is 6.99. The molecule has 0 saturated heterocycles. The number of benzene rings is 1.